The Hall–Kier alpha value is -2.93. The average Bonchev–Trinajstić information content (AvgIpc) is 3.24. The maximum Gasteiger partial charge on any atom is 0.266 e. The number of hydrogen-bond donors (Lipinski definition) is 0. The van der Waals surface area contributed by atoms with Crippen molar-refractivity contribution in [2.75, 3.05) is 33.4 Å². The van der Waals surface area contributed by atoms with Gasteiger partial charge in [0.05, 0.1) is 42.6 Å². The molecular weight excluding hydrogens is 766 g/mol. The van der Waals surface area contributed by atoms with Crippen LogP contribution in [0.2, 0.25) is 0 Å². The van der Waals surface area contributed by atoms with Gasteiger partial charge in [0, 0.05) is 25.7 Å². The van der Waals surface area contributed by atoms with Crippen molar-refractivity contribution in [2.24, 2.45) is 4.99 Å². The molecule has 0 atom stereocenters. The summed E-state index contributed by atoms with van der Waals surface area (Å²) in [6.45, 7) is 2.61. The van der Waals surface area contributed by atoms with Gasteiger partial charge in [-0.2, -0.15) is 5.26 Å². The first-order valence-electron chi connectivity index (χ1n) is 12.7. The number of morpholine rings is 1. The highest BCUT2D eigenvalue weighted by molar-refractivity contribution is 14.1. The predicted molar refractivity (Wildman–Crippen MR) is 176 cm³/mol. The summed E-state index contributed by atoms with van der Waals surface area (Å²) >= 11 is 5.78. The van der Waals surface area contributed by atoms with E-state index in [0.717, 1.165) is 24.0 Å². The molecule has 0 radical (unpaired) electrons. The standard InChI is InChI=1S/C30H24I2N4O4S/c1-35-29(38)26(41-30(35)34-23-4-2-3-22(16-23)28(37)36-9-11-39-12-10-36)15-21-13-24(31)27(25(32)14-21)40-18-20-7-5-19(17-33)6-8-20/h2-8,13-16H,9-12,18H2,1H3/b26-15+,34-30?. The third-order valence-electron chi connectivity index (χ3n) is 6.40. The normalized spacial score (nSPS) is 17.3. The highest BCUT2D eigenvalue weighted by Gasteiger charge is 2.30. The molecule has 0 bridgehead atoms. The molecule has 208 valence electrons. The number of carbonyl (C=O) groups is 2. The molecule has 0 aliphatic carbocycles. The van der Waals surface area contributed by atoms with E-state index in [1.807, 2.05) is 36.4 Å². The number of amidine groups is 1. The molecule has 3 aromatic carbocycles. The summed E-state index contributed by atoms with van der Waals surface area (Å²) in [6, 6.07) is 20.6. The Bertz CT molecular complexity index is 1570. The maximum atomic E-state index is 13.1. The van der Waals surface area contributed by atoms with Gasteiger partial charge in [-0.05, 0) is 117 Å². The SMILES string of the molecule is CN1C(=O)/C(=C\c2cc(I)c(OCc3ccc(C#N)cc3)c(I)c2)SC1=Nc1cccc(C(=O)N2CCOCC2)c1. The highest BCUT2D eigenvalue weighted by Crippen LogP contribution is 2.35. The number of carbonyl (C=O) groups excluding carboxylic acids is 2. The molecule has 0 aromatic heterocycles. The monoisotopic (exact) mass is 790 g/mol. The lowest BCUT2D eigenvalue weighted by Gasteiger charge is -2.26. The third-order valence-corrected chi connectivity index (χ3v) is 9.07. The Kier molecular flexibility index (Phi) is 9.64. The molecule has 8 nitrogen and oxygen atoms in total. The Morgan fingerprint density at radius 3 is 2.51 bits per heavy atom. The summed E-state index contributed by atoms with van der Waals surface area (Å²) in [7, 11) is 1.70. The van der Waals surface area contributed by atoms with Gasteiger partial charge in [-0.25, -0.2) is 4.99 Å². The first-order valence-corrected chi connectivity index (χ1v) is 15.6. The number of aliphatic imine (C=N–C) groups is 1. The van der Waals surface area contributed by atoms with Crippen LogP contribution in [-0.2, 0) is 16.1 Å². The number of nitrogens with zero attached hydrogens (tertiary/aromatic N) is 4. The summed E-state index contributed by atoms with van der Waals surface area (Å²) < 4.78 is 13.3. The van der Waals surface area contributed by atoms with Crippen molar-refractivity contribution in [3.05, 3.63) is 95.0 Å². The van der Waals surface area contributed by atoms with Crippen molar-refractivity contribution in [1.29, 1.82) is 5.26 Å². The van der Waals surface area contributed by atoms with Crippen LogP contribution in [0.5, 0.6) is 5.75 Å². The predicted octanol–water partition coefficient (Wildman–Crippen LogP) is 6.05. The van der Waals surface area contributed by atoms with Gasteiger partial charge in [0.1, 0.15) is 12.4 Å². The van der Waals surface area contributed by atoms with Crippen molar-refractivity contribution in [3.8, 4) is 11.8 Å². The molecule has 2 saturated heterocycles. The van der Waals surface area contributed by atoms with Gasteiger partial charge >= 0.3 is 0 Å². The molecule has 2 aliphatic rings. The van der Waals surface area contributed by atoms with E-state index in [1.54, 1.807) is 42.3 Å². The van der Waals surface area contributed by atoms with Crippen LogP contribution in [0.25, 0.3) is 6.08 Å². The Morgan fingerprint density at radius 2 is 1.83 bits per heavy atom. The van der Waals surface area contributed by atoms with Crippen LogP contribution in [0.3, 0.4) is 0 Å². The van der Waals surface area contributed by atoms with Gasteiger partial charge in [-0.15, -0.1) is 0 Å². The smallest absolute Gasteiger partial charge is 0.266 e. The van der Waals surface area contributed by atoms with E-state index in [9.17, 15) is 9.59 Å². The van der Waals surface area contributed by atoms with E-state index >= 15 is 0 Å². The van der Waals surface area contributed by atoms with Crippen molar-refractivity contribution in [3.63, 3.8) is 0 Å². The molecular formula is C30H24I2N4O4S. The Balaban J connectivity index is 1.30. The second-order valence-electron chi connectivity index (χ2n) is 9.24. The van der Waals surface area contributed by atoms with E-state index in [1.165, 1.54) is 16.7 Å². The molecule has 2 amide bonds. The van der Waals surface area contributed by atoms with Crippen LogP contribution in [-0.4, -0.2) is 60.1 Å². The molecule has 0 saturated carbocycles. The lowest BCUT2D eigenvalue weighted by Crippen LogP contribution is -2.40. The Morgan fingerprint density at radius 1 is 1.12 bits per heavy atom. The van der Waals surface area contributed by atoms with Gasteiger partial charge in [0.2, 0.25) is 0 Å². The molecule has 11 heteroatoms. The first-order chi connectivity index (χ1) is 19.8. The highest BCUT2D eigenvalue weighted by atomic mass is 127. The number of rotatable bonds is 6. The summed E-state index contributed by atoms with van der Waals surface area (Å²) in [5, 5.41) is 9.53. The molecule has 0 spiro atoms. The number of nitriles is 1. The molecule has 2 heterocycles. The summed E-state index contributed by atoms with van der Waals surface area (Å²) in [5.41, 5.74) is 3.64. The minimum atomic E-state index is -0.138. The van der Waals surface area contributed by atoms with Gasteiger partial charge in [-0.3, -0.25) is 14.5 Å². The average molecular weight is 790 g/mol. The second kappa shape index (κ2) is 13.4. The molecule has 2 aliphatic heterocycles. The van der Waals surface area contributed by atoms with Crippen molar-refractivity contribution < 1.29 is 19.1 Å². The zero-order valence-corrected chi connectivity index (χ0v) is 27.1. The largest absolute Gasteiger partial charge is 0.487 e. The van der Waals surface area contributed by atoms with E-state index in [2.05, 4.69) is 51.3 Å². The number of thioether (sulfide) groups is 1. The van der Waals surface area contributed by atoms with Crippen LogP contribution in [0, 0.1) is 18.5 Å². The summed E-state index contributed by atoms with van der Waals surface area (Å²) in [5.74, 6) is 0.586. The topological polar surface area (TPSA) is 95.2 Å². The fourth-order valence-electron chi connectivity index (χ4n) is 4.20. The third kappa shape index (κ3) is 7.11. The first kappa shape index (κ1) is 29.6. The lowest BCUT2D eigenvalue weighted by molar-refractivity contribution is -0.121. The van der Waals surface area contributed by atoms with Gasteiger partial charge in [-0.1, -0.05) is 18.2 Å². The fraction of sp³-hybridized carbons (Fsp3) is 0.200. The lowest BCUT2D eigenvalue weighted by atomic mass is 10.1. The fourth-order valence-corrected chi connectivity index (χ4v) is 7.32. The molecule has 2 fully saturated rings. The molecule has 0 unspecified atom stereocenters. The number of hydrogen-bond acceptors (Lipinski definition) is 7. The van der Waals surface area contributed by atoms with E-state index in [-0.39, 0.29) is 11.8 Å². The van der Waals surface area contributed by atoms with Crippen LogP contribution >= 0.6 is 56.9 Å². The van der Waals surface area contributed by atoms with Crippen molar-refractivity contribution in [1.82, 2.24) is 9.80 Å². The number of likely N-dealkylation sites (N-methyl/N-ethyl adjacent to an activating group) is 1. The molecule has 3 aromatic rings. The summed E-state index contributed by atoms with van der Waals surface area (Å²) in [6.07, 6.45) is 1.86. The minimum Gasteiger partial charge on any atom is -0.487 e. The van der Waals surface area contributed by atoms with Crippen LogP contribution < -0.4 is 4.74 Å². The van der Waals surface area contributed by atoms with Gasteiger partial charge < -0.3 is 14.4 Å². The van der Waals surface area contributed by atoms with Crippen molar-refractivity contribution >= 4 is 85.7 Å². The van der Waals surface area contributed by atoms with Gasteiger partial charge in [0.25, 0.3) is 11.8 Å². The van der Waals surface area contributed by atoms with E-state index in [0.29, 0.717) is 59.8 Å². The Labute approximate surface area is 269 Å². The quantitative estimate of drug-likeness (QED) is 0.223. The number of amides is 2. The van der Waals surface area contributed by atoms with Crippen LogP contribution in [0.1, 0.15) is 27.0 Å². The van der Waals surface area contributed by atoms with E-state index in [4.69, 9.17) is 19.7 Å². The molecule has 41 heavy (non-hydrogen) atoms. The number of benzene rings is 3. The van der Waals surface area contributed by atoms with Crippen molar-refractivity contribution in [2.45, 2.75) is 6.61 Å². The number of halogens is 2. The minimum absolute atomic E-state index is 0.0482. The van der Waals surface area contributed by atoms with Gasteiger partial charge in [0.15, 0.2) is 5.17 Å². The molecule has 5 rings (SSSR count). The number of ether oxygens (including phenoxy) is 2. The maximum absolute atomic E-state index is 13.1. The zero-order valence-electron chi connectivity index (χ0n) is 22.0. The summed E-state index contributed by atoms with van der Waals surface area (Å²) in [4.78, 5) is 34.5. The zero-order chi connectivity index (χ0) is 28.9. The van der Waals surface area contributed by atoms with E-state index < -0.39 is 0 Å². The second-order valence-corrected chi connectivity index (χ2v) is 12.6. The van der Waals surface area contributed by atoms with Crippen LogP contribution in [0.4, 0.5) is 5.69 Å². The van der Waals surface area contributed by atoms with Crippen LogP contribution in [0.15, 0.2) is 70.6 Å². The molecule has 0 N–H and O–H groups in total.